The molecule has 0 fully saturated rings. The summed E-state index contributed by atoms with van der Waals surface area (Å²) in [6.45, 7) is 0. The zero-order valence-corrected chi connectivity index (χ0v) is 29.8. The average Bonchev–Trinajstić information content (AvgIpc) is 4.09. The summed E-state index contributed by atoms with van der Waals surface area (Å²) in [7, 11) is 0. The van der Waals surface area contributed by atoms with Crippen LogP contribution in [0, 0.1) is 58.2 Å². The number of H-pyrrole nitrogens is 1. The molecule has 3 aromatic heterocycles. The van der Waals surface area contributed by atoms with E-state index in [0.29, 0.717) is 31.7 Å². The molecule has 0 unspecified atom stereocenters. The first kappa shape index (κ1) is 36.8. The fraction of sp³-hybridized carbons (Fsp3) is 0. The lowest BCUT2D eigenvalue weighted by atomic mass is 10.0. The molecule has 0 radical (unpaired) electrons. The van der Waals surface area contributed by atoms with Crippen molar-refractivity contribution in [1.82, 2.24) is 15.0 Å². The summed E-state index contributed by atoms with van der Waals surface area (Å²) in [4.78, 5) is 12.0. The largest absolute Gasteiger partial charge is 0.354 e. The Bertz CT molecular complexity index is 2860. The number of hydrogen-bond donors (Lipinski definition) is 1. The Kier molecular flexibility index (Phi) is 8.88. The molecule has 0 amide bonds. The number of aromatic amines is 1. The molecular formula is C44H19F10N3S. The van der Waals surface area contributed by atoms with Gasteiger partial charge in [0, 0.05) is 42.7 Å². The lowest BCUT2D eigenvalue weighted by molar-refractivity contribution is 0.381. The molecule has 7 aromatic rings. The predicted octanol–water partition coefficient (Wildman–Crippen LogP) is 13.4. The number of fused-ring (bicyclic) bond motifs is 8. The summed E-state index contributed by atoms with van der Waals surface area (Å²) in [5, 5.41) is 0. The molecule has 3 nitrogen and oxygen atoms in total. The molecule has 8 bridgehead atoms. The number of nitrogens with zero attached hydrogens (tertiary/aromatic N) is 2. The number of rotatable bonds is 4. The third kappa shape index (κ3) is 5.73. The highest BCUT2D eigenvalue weighted by atomic mass is 32.1. The summed E-state index contributed by atoms with van der Waals surface area (Å²) in [6.07, 6.45) is 5.56. The van der Waals surface area contributed by atoms with Crippen molar-refractivity contribution in [1.29, 1.82) is 0 Å². The van der Waals surface area contributed by atoms with Crippen molar-refractivity contribution in [2.45, 2.75) is 0 Å². The van der Waals surface area contributed by atoms with Crippen LogP contribution in [0.15, 0.2) is 84.9 Å². The molecule has 0 aliphatic carbocycles. The summed E-state index contributed by atoms with van der Waals surface area (Å²) >= 11 is 1.29. The Labute approximate surface area is 324 Å². The first-order valence-corrected chi connectivity index (χ1v) is 18.0. The maximum atomic E-state index is 15.8. The van der Waals surface area contributed by atoms with Gasteiger partial charge in [0.2, 0.25) is 11.6 Å². The van der Waals surface area contributed by atoms with Crippen molar-refractivity contribution < 1.29 is 43.9 Å². The predicted molar refractivity (Wildman–Crippen MR) is 204 cm³/mol. The second-order valence-electron chi connectivity index (χ2n) is 13.0. The molecule has 0 saturated carbocycles. The van der Waals surface area contributed by atoms with Crippen molar-refractivity contribution in [2.75, 3.05) is 0 Å². The van der Waals surface area contributed by atoms with E-state index in [2.05, 4.69) is 15.0 Å². The van der Waals surface area contributed by atoms with E-state index in [9.17, 15) is 26.3 Å². The topological polar surface area (TPSA) is 41.6 Å². The minimum absolute atomic E-state index is 0.235. The molecule has 9 rings (SSSR count). The molecule has 2 aliphatic heterocycles. The van der Waals surface area contributed by atoms with Gasteiger partial charge in [-0.15, -0.1) is 11.3 Å². The maximum absolute atomic E-state index is 15.8. The van der Waals surface area contributed by atoms with Gasteiger partial charge in [-0.25, -0.2) is 53.9 Å². The Morgan fingerprint density at radius 3 is 0.983 bits per heavy atom. The van der Waals surface area contributed by atoms with Crippen molar-refractivity contribution in [2.24, 2.45) is 0 Å². The van der Waals surface area contributed by atoms with E-state index in [1.807, 2.05) is 0 Å². The molecule has 58 heavy (non-hydrogen) atoms. The van der Waals surface area contributed by atoms with E-state index in [0.717, 1.165) is 12.1 Å². The number of hydrogen-bond acceptors (Lipinski definition) is 3. The highest BCUT2D eigenvalue weighted by molar-refractivity contribution is 7.24. The number of nitrogens with one attached hydrogen (secondary N) is 1. The average molecular weight is 812 g/mol. The first-order chi connectivity index (χ1) is 27.9. The molecule has 0 atom stereocenters. The second-order valence-corrected chi connectivity index (χ2v) is 14.1. The molecular weight excluding hydrogens is 793 g/mol. The van der Waals surface area contributed by atoms with E-state index >= 15 is 17.6 Å². The van der Waals surface area contributed by atoms with Gasteiger partial charge in [-0.1, -0.05) is 60.7 Å². The highest BCUT2D eigenvalue weighted by Crippen LogP contribution is 2.43. The van der Waals surface area contributed by atoms with Crippen molar-refractivity contribution in [3.8, 4) is 44.5 Å². The minimum Gasteiger partial charge on any atom is -0.354 e. The van der Waals surface area contributed by atoms with Crippen LogP contribution in [0.1, 0.15) is 22.8 Å². The molecule has 286 valence electrons. The molecule has 4 aromatic carbocycles. The number of aromatic nitrogens is 3. The summed E-state index contributed by atoms with van der Waals surface area (Å²) in [5.41, 5.74) is -2.66. The number of thiophene rings is 1. The SMILES string of the molecule is Fc1c(F)c(F)c(-c2c3nc(c(-c4ccccc4)c4ccc(s4)c(-c4ccccc4)c4nc(c(-c5c(F)c(F)c(F)c(F)c5F)c5ccc2[nH]5)C=C4)C=C3)c(F)c1F. The summed E-state index contributed by atoms with van der Waals surface area (Å²) in [5.74, 6) is -22.8. The molecule has 5 heterocycles. The van der Waals surface area contributed by atoms with Crippen LogP contribution < -0.4 is 0 Å². The van der Waals surface area contributed by atoms with Gasteiger partial charge in [-0.05, 0) is 59.7 Å². The lowest BCUT2D eigenvalue weighted by Gasteiger charge is -2.11. The number of benzene rings is 4. The van der Waals surface area contributed by atoms with E-state index < -0.39 is 91.5 Å². The molecule has 1 N–H and O–H groups in total. The van der Waals surface area contributed by atoms with E-state index in [1.165, 1.54) is 35.6 Å². The summed E-state index contributed by atoms with van der Waals surface area (Å²) < 4.78 is 153. The Hall–Kier alpha value is -6.80. The van der Waals surface area contributed by atoms with Crippen molar-refractivity contribution in [3.63, 3.8) is 0 Å². The van der Waals surface area contributed by atoms with Gasteiger partial charge in [0.25, 0.3) is 0 Å². The fourth-order valence-corrected chi connectivity index (χ4v) is 8.23. The van der Waals surface area contributed by atoms with Crippen LogP contribution in [-0.4, -0.2) is 15.0 Å². The lowest BCUT2D eigenvalue weighted by Crippen LogP contribution is -2.05. The van der Waals surface area contributed by atoms with E-state index in [4.69, 9.17) is 0 Å². The smallest absolute Gasteiger partial charge is 0.200 e. The second kappa shape index (κ2) is 14.0. The van der Waals surface area contributed by atoms with Crippen LogP contribution in [0.25, 0.3) is 89.2 Å². The van der Waals surface area contributed by atoms with Gasteiger partial charge >= 0.3 is 0 Å². The molecule has 2 aliphatic rings. The summed E-state index contributed by atoms with van der Waals surface area (Å²) in [6, 6.07) is 23.7. The zero-order chi connectivity index (χ0) is 40.6. The van der Waals surface area contributed by atoms with Gasteiger partial charge in [0.1, 0.15) is 0 Å². The number of halogens is 10. The van der Waals surface area contributed by atoms with Crippen LogP contribution >= 0.6 is 11.3 Å². The van der Waals surface area contributed by atoms with Crippen LogP contribution in [0.5, 0.6) is 0 Å². The van der Waals surface area contributed by atoms with E-state index in [-0.39, 0.29) is 22.8 Å². The fourth-order valence-electron chi connectivity index (χ4n) is 7.07. The zero-order valence-electron chi connectivity index (χ0n) is 29.0. The van der Waals surface area contributed by atoms with Crippen LogP contribution in [0.4, 0.5) is 43.9 Å². The third-order valence-corrected chi connectivity index (χ3v) is 10.8. The monoisotopic (exact) mass is 811 g/mol. The van der Waals surface area contributed by atoms with Gasteiger partial charge in [0.15, 0.2) is 46.5 Å². The molecule has 14 heteroatoms. The minimum atomic E-state index is -2.42. The van der Waals surface area contributed by atoms with Crippen molar-refractivity contribution in [3.05, 3.63) is 166 Å². The quantitative estimate of drug-likeness (QED) is 0.109. The van der Waals surface area contributed by atoms with Gasteiger partial charge in [0.05, 0.1) is 33.9 Å². The Morgan fingerprint density at radius 1 is 0.328 bits per heavy atom. The Morgan fingerprint density at radius 2 is 0.638 bits per heavy atom. The van der Waals surface area contributed by atoms with Gasteiger partial charge < -0.3 is 4.98 Å². The third-order valence-electron chi connectivity index (χ3n) is 9.67. The van der Waals surface area contributed by atoms with Crippen molar-refractivity contribution >= 4 is 56.1 Å². The van der Waals surface area contributed by atoms with E-state index in [1.54, 1.807) is 72.8 Å². The highest BCUT2D eigenvalue weighted by Gasteiger charge is 2.32. The standard InChI is InChI=1S/C44H19F10N3S/c45-35-33(36(46)40(50)43(53)39(35)49)31-23-13-11-21(55-23)29(19-7-3-1-4-8-19)27-17-18-28(58-27)30(20-9-5-2-6-10-20)22-12-14-24(56-22)32(26-16-15-25(31)57-26)34-37(47)41(51)44(54)42(52)38(34)48/h1-18,57H. The van der Waals surface area contributed by atoms with Crippen LogP contribution in [-0.2, 0) is 0 Å². The Balaban J connectivity index is 1.54. The molecule has 0 saturated heterocycles. The maximum Gasteiger partial charge on any atom is 0.200 e. The van der Waals surface area contributed by atoms with Gasteiger partial charge in [-0.3, -0.25) is 0 Å². The van der Waals surface area contributed by atoms with Crippen LogP contribution in [0.2, 0.25) is 0 Å². The first-order valence-electron chi connectivity index (χ1n) is 17.2. The van der Waals surface area contributed by atoms with Gasteiger partial charge in [-0.2, -0.15) is 0 Å². The normalized spacial score (nSPS) is 12.2. The molecule has 0 spiro atoms. The van der Waals surface area contributed by atoms with Crippen LogP contribution in [0.3, 0.4) is 0 Å².